The lowest BCUT2D eigenvalue weighted by Crippen LogP contribution is -2.17. The predicted octanol–water partition coefficient (Wildman–Crippen LogP) is 4.83. The molecule has 166 valence electrons. The Morgan fingerprint density at radius 3 is 2.81 bits per heavy atom. The molecule has 0 fully saturated rings. The van der Waals surface area contributed by atoms with Gasteiger partial charge in [0, 0.05) is 41.1 Å². The van der Waals surface area contributed by atoms with Crippen LogP contribution in [0, 0.1) is 0 Å². The zero-order valence-electron chi connectivity index (χ0n) is 18.2. The molecular formula is C25H28N4O2S. The van der Waals surface area contributed by atoms with Gasteiger partial charge in [-0.2, -0.15) is 0 Å². The molecule has 1 unspecified atom stereocenters. The molecule has 32 heavy (non-hydrogen) atoms. The van der Waals surface area contributed by atoms with Crippen molar-refractivity contribution in [3.05, 3.63) is 77.9 Å². The molecule has 2 N–H and O–H groups in total. The van der Waals surface area contributed by atoms with Crippen LogP contribution in [0.2, 0.25) is 0 Å². The van der Waals surface area contributed by atoms with Gasteiger partial charge in [0.25, 0.3) is 5.91 Å². The molecule has 1 aliphatic heterocycles. The quantitative estimate of drug-likeness (QED) is 0.543. The molecule has 4 rings (SSSR count). The van der Waals surface area contributed by atoms with E-state index in [1.807, 2.05) is 59.2 Å². The summed E-state index contributed by atoms with van der Waals surface area (Å²) in [4.78, 5) is 17.8. The summed E-state index contributed by atoms with van der Waals surface area (Å²) in [6.07, 6.45) is 8.12. The molecule has 0 aliphatic carbocycles. The fourth-order valence-corrected chi connectivity index (χ4v) is 4.87. The highest BCUT2D eigenvalue weighted by Gasteiger charge is 2.14. The number of fused-ring (bicyclic) bond motifs is 1. The van der Waals surface area contributed by atoms with Gasteiger partial charge in [0.05, 0.1) is 28.6 Å². The zero-order valence-corrected chi connectivity index (χ0v) is 19.0. The highest BCUT2D eigenvalue weighted by molar-refractivity contribution is 7.84. The minimum Gasteiger partial charge on any atom is -0.385 e. The Morgan fingerprint density at radius 2 is 2.00 bits per heavy atom. The number of carbonyl (C=O) groups excluding carboxylic acids is 1. The normalized spacial score (nSPS) is 16.0. The molecule has 7 heteroatoms. The van der Waals surface area contributed by atoms with Crippen LogP contribution >= 0.6 is 0 Å². The molecule has 0 saturated heterocycles. The van der Waals surface area contributed by atoms with Gasteiger partial charge in [0.15, 0.2) is 0 Å². The first-order valence-corrected chi connectivity index (χ1v) is 12.3. The number of carbonyl (C=O) groups is 1. The highest BCUT2D eigenvalue weighted by Crippen LogP contribution is 2.24. The Balaban J connectivity index is 1.43. The molecule has 1 aliphatic rings. The summed E-state index contributed by atoms with van der Waals surface area (Å²) in [7, 11) is -1.17. The molecular weight excluding hydrogens is 420 g/mol. The maximum atomic E-state index is 12.9. The Morgan fingerprint density at radius 1 is 1.19 bits per heavy atom. The van der Waals surface area contributed by atoms with Crippen molar-refractivity contribution in [3.8, 4) is 0 Å². The van der Waals surface area contributed by atoms with Crippen molar-refractivity contribution in [2.24, 2.45) is 0 Å². The van der Waals surface area contributed by atoms with Crippen LogP contribution in [0.4, 0.5) is 11.4 Å². The minimum absolute atomic E-state index is 0.0981. The molecule has 0 radical (unpaired) electrons. The predicted molar refractivity (Wildman–Crippen MR) is 130 cm³/mol. The van der Waals surface area contributed by atoms with Crippen molar-refractivity contribution in [3.63, 3.8) is 0 Å². The summed E-state index contributed by atoms with van der Waals surface area (Å²) in [6.45, 7) is 3.81. The standard InChI is InChI=1S/C25H28N4O2S/c1-2-14-29-18-26-16-22(29)17-32(31)23-11-9-21(10-12-23)28-25(30)20-7-5-13-27-24-8-4-3-6-19(24)15-20/h3-4,6,8-12,15-16,18,27H,2,5,7,13-14,17H2,1H3,(H,28,30)/b20-15+. The summed E-state index contributed by atoms with van der Waals surface area (Å²) >= 11 is 0. The first-order chi connectivity index (χ1) is 15.6. The smallest absolute Gasteiger partial charge is 0.251 e. The average molecular weight is 449 g/mol. The number of aryl methyl sites for hydroxylation is 1. The van der Waals surface area contributed by atoms with Crippen LogP contribution in [0.15, 0.2) is 71.5 Å². The molecule has 0 saturated carbocycles. The summed E-state index contributed by atoms with van der Waals surface area (Å²) in [5.74, 6) is 0.325. The van der Waals surface area contributed by atoms with E-state index >= 15 is 0 Å². The van der Waals surface area contributed by atoms with Crippen molar-refractivity contribution >= 4 is 34.2 Å². The number of hydrogen-bond donors (Lipinski definition) is 2. The number of amides is 1. The lowest BCUT2D eigenvalue weighted by Gasteiger charge is -2.16. The van der Waals surface area contributed by atoms with Gasteiger partial charge in [-0.15, -0.1) is 0 Å². The number of benzene rings is 2. The molecule has 0 spiro atoms. The summed E-state index contributed by atoms with van der Waals surface area (Å²) in [5.41, 5.74) is 4.49. The number of aromatic nitrogens is 2. The second-order valence-corrected chi connectivity index (χ2v) is 9.29. The third kappa shape index (κ3) is 5.34. The average Bonchev–Trinajstić information content (AvgIpc) is 3.21. The molecule has 3 aromatic rings. The fraction of sp³-hybridized carbons (Fsp3) is 0.280. The number of anilines is 2. The van der Waals surface area contributed by atoms with Gasteiger partial charge in [-0.1, -0.05) is 25.1 Å². The Labute approximate surface area is 191 Å². The second-order valence-electron chi connectivity index (χ2n) is 7.83. The third-order valence-electron chi connectivity index (χ3n) is 5.44. The lowest BCUT2D eigenvalue weighted by molar-refractivity contribution is -0.112. The van der Waals surface area contributed by atoms with Crippen LogP contribution in [0.3, 0.4) is 0 Å². The Bertz CT molecular complexity index is 1130. The SMILES string of the molecule is CCCn1cncc1CS(=O)c1ccc(NC(=O)/C2=C/c3ccccc3NCCC2)cc1. The van der Waals surface area contributed by atoms with Crippen LogP contribution in [0.5, 0.6) is 0 Å². The maximum Gasteiger partial charge on any atom is 0.251 e. The Kier molecular flexibility index (Phi) is 7.17. The lowest BCUT2D eigenvalue weighted by atomic mass is 10.0. The third-order valence-corrected chi connectivity index (χ3v) is 6.79. The first kappa shape index (κ1) is 22.0. The monoisotopic (exact) mass is 448 g/mol. The second kappa shape index (κ2) is 10.4. The van der Waals surface area contributed by atoms with E-state index in [4.69, 9.17) is 0 Å². The molecule has 2 aromatic carbocycles. The largest absolute Gasteiger partial charge is 0.385 e. The summed E-state index contributed by atoms with van der Waals surface area (Å²) in [5, 5.41) is 6.39. The summed E-state index contributed by atoms with van der Waals surface area (Å²) < 4.78 is 14.8. The Hall–Kier alpha value is -3.19. The van der Waals surface area contributed by atoms with Gasteiger partial charge >= 0.3 is 0 Å². The minimum atomic E-state index is -1.17. The van der Waals surface area contributed by atoms with Crippen LogP contribution in [-0.4, -0.2) is 26.2 Å². The van der Waals surface area contributed by atoms with E-state index in [9.17, 15) is 9.00 Å². The van der Waals surface area contributed by atoms with Crippen molar-refractivity contribution in [1.82, 2.24) is 9.55 Å². The topological polar surface area (TPSA) is 76.0 Å². The highest BCUT2D eigenvalue weighted by atomic mass is 32.2. The van der Waals surface area contributed by atoms with Crippen LogP contribution in [0.1, 0.15) is 37.4 Å². The van der Waals surface area contributed by atoms with E-state index in [1.165, 1.54) is 0 Å². The van der Waals surface area contributed by atoms with Crippen LogP contribution in [0.25, 0.3) is 6.08 Å². The molecule has 1 aromatic heterocycles. The number of nitrogens with one attached hydrogen (secondary N) is 2. The van der Waals surface area contributed by atoms with Gasteiger partial charge in [-0.3, -0.25) is 9.00 Å². The van der Waals surface area contributed by atoms with Gasteiger partial charge in [-0.05, 0) is 61.2 Å². The zero-order chi connectivity index (χ0) is 22.3. The number of imidazole rings is 1. The van der Waals surface area contributed by atoms with E-state index in [0.717, 1.165) is 53.3 Å². The van der Waals surface area contributed by atoms with E-state index in [2.05, 4.69) is 22.5 Å². The van der Waals surface area contributed by atoms with E-state index < -0.39 is 10.8 Å². The maximum absolute atomic E-state index is 12.9. The van der Waals surface area contributed by atoms with Crippen molar-refractivity contribution in [2.45, 2.75) is 43.4 Å². The van der Waals surface area contributed by atoms with Crippen molar-refractivity contribution < 1.29 is 9.00 Å². The summed E-state index contributed by atoms with van der Waals surface area (Å²) in [6, 6.07) is 15.3. The fourth-order valence-electron chi connectivity index (χ4n) is 3.75. The van der Waals surface area contributed by atoms with Gasteiger partial charge in [0.1, 0.15) is 0 Å². The molecule has 0 bridgehead atoms. The first-order valence-electron chi connectivity index (χ1n) is 11.0. The molecule has 1 atom stereocenters. The molecule has 6 nitrogen and oxygen atoms in total. The van der Waals surface area contributed by atoms with Gasteiger partial charge in [-0.25, -0.2) is 4.98 Å². The van der Waals surface area contributed by atoms with Crippen LogP contribution in [-0.2, 0) is 27.9 Å². The van der Waals surface area contributed by atoms with Crippen molar-refractivity contribution in [2.75, 3.05) is 17.2 Å². The van der Waals surface area contributed by atoms with E-state index in [0.29, 0.717) is 17.9 Å². The number of hydrogen-bond acceptors (Lipinski definition) is 4. The van der Waals surface area contributed by atoms with Gasteiger partial charge < -0.3 is 15.2 Å². The van der Waals surface area contributed by atoms with E-state index in [1.54, 1.807) is 12.5 Å². The number of nitrogens with zero attached hydrogens (tertiary/aromatic N) is 2. The number of rotatable bonds is 7. The number of para-hydroxylation sites is 1. The molecule has 1 amide bonds. The van der Waals surface area contributed by atoms with E-state index in [-0.39, 0.29) is 5.91 Å². The molecule has 2 heterocycles. The van der Waals surface area contributed by atoms with Gasteiger partial charge in [0.2, 0.25) is 0 Å². The van der Waals surface area contributed by atoms with Crippen LogP contribution < -0.4 is 10.6 Å². The van der Waals surface area contributed by atoms with Crippen molar-refractivity contribution in [1.29, 1.82) is 0 Å².